The molecule has 2 nitrogen and oxygen atoms in total. The van der Waals surface area contributed by atoms with Gasteiger partial charge in [0.15, 0.2) is 0 Å². The van der Waals surface area contributed by atoms with Crippen molar-refractivity contribution in [1.29, 1.82) is 0 Å². The van der Waals surface area contributed by atoms with Crippen LogP contribution in [-0.4, -0.2) is 13.7 Å². The van der Waals surface area contributed by atoms with Crippen molar-refractivity contribution < 1.29 is 4.74 Å². The van der Waals surface area contributed by atoms with Gasteiger partial charge in [-0.05, 0) is 36.2 Å². The van der Waals surface area contributed by atoms with E-state index in [1.165, 1.54) is 15.6 Å². The fraction of sp³-hybridized carbons (Fsp3) is 0.400. The van der Waals surface area contributed by atoms with Crippen molar-refractivity contribution in [1.82, 2.24) is 5.32 Å². The predicted octanol–water partition coefficient (Wildman–Crippen LogP) is 2.10. The first kappa shape index (κ1) is 9.03. The summed E-state index contributed by atoms with van der Waals surface area (Å²) in [6.45, 7) is 2.02. The van der Waals surface area contributed by atoms with Crippen LogP contribution in [0.4, 0.5) is 0 Å². The molecule has 0 aliphatic carbocycles. The Morgan fingerprint density at radius 3 is 3.08 bits per heavy atom. The Hall–Kier alpha value is -0.540. The van der Waals surface area contributed by atoms with Gasteiger partial charge in [-0.25, -0.2) is 0 Å². The van der Waals surface area contributed by atoms with Gasteiger partial charge in [0.05, 0.1) is 7.11 Å². The van der Waals surface area contributed by atoms with Crippen LogP contribution in [0.2, 0.25) is 0 Å². The molecule has 0 saturated carbocycles. The number of nitrogens with one attached hydrogen (secondary N) is 1. The molecule has 1 heterocycles. The lowest BCUT2D eigenvalue weighted by atomic mass is 10.0. The van der Waals surface area contributed by atoms with Gasteiger partial charge in [-0.2, -0.15) is 0 Å². The summed E-state index contributed by atoms with van der Waals surface area (Å²) in [5.74, 6) is 0.925. The normalized spacial score (nSPS) is 15.2. The zero-order valence-electron chi connectivity index (χ0n) is 7.56. The van der Waals surface area contributed by atoms with Crippen molar-refractivity contribution in [3.05, 3.63) is 27.7 Å². The molecule has 70 valence electrons. The first-order valence-corrected chi connectivity index (χ1v) is 5.16. The molecule has 0 amide bonds. The molecule has 13 heavy (non-hydrogen) atoms. The maximum absolute atomic E-state index is 5.20. The number of halogens is 1. The van der Waals surface area contributed by atoms with Gasteiger partial charge in [-0.1, -0.05) is 15.9 Å². The molecular weight excluding hydrogens is 230 g/mol. The predicted molar refractivity (Wildman–Crippen MR) is 56.1 cm³/mol. The van der Waals surface area contributed by atoms with Crippen molar-refractivity contribution >= 4 is 15.9 Å². The Morgan fingerprint density at radius 1 is 1.46 bits per heavy atom. The third kappa shape index (κ3) is 1.71. The molecule has 0 spiro atoms. The maximum Gasteiger partial charge on any atom is 0.120 e. The third-order valence-corrected chi connectivity index (χ3v) is 3.07. The van der Waals surface area contributed by atoms with Gasteiger partial charge in [-0.15, -0.1) is 0 Å². The van der Waals surface area contributed by atoms with Crippen molar-refractivity contribution in [3.63, 3.8) is 0 Å². The van der Waals surface area contributed by atoms with Crippen LogP contribution < -0.4 is 10.1 Å². The standard InChI is InChI=1S/C10H12BrNO/c1-13-8-4-7-6-12-3-2-9(7)10(11)5-8/h4-5,12H,2-3,6H2,1H3. The molecule has 0 saturated heterocycles. The van der Waals surface area contributed by atoms with E-state index in [1.807, 2.05) is 6.07 Å². The molecule has 1 N–H and O–H groups in total. The molecule has 0 atom stereocenters. The minimum Gasteiger partial charge on any atom is -0.497 e. The number of hydrogen-bond donors (Lipinski definition) is 1. The van der Waals surface area contributed by atoms with E-state index >= 15 is 0 Å². The van der Waals surface area contributed by atoms with Crippen LogP contribution in [0, 0.1) is 0 Å². The quantitative estimate of drug-likeness (QED) is 0.814. The smallest absolute Gasteiger partial charge is 0.120 e. The average Bonchev–Trinajstić information content (AvgIpc) is 2.18. The second-order valence-electron chi connectivity index (χ2n) is 3.17. The topological polar surface area (TPSA) is 21.3 Å². The van der Waals surface area contributed by atoms with E-state index in [4.69, 9.17) is 4.74 Å². The van der Waals surface area contributed by atoms with E-state index in [1.54, 1.807) is 7.11 Å². The van der Waals surface area contributed by atoms with Crippen LogP contribution in [-0.2, 0) is 13.0 Å². The highest BCUT2D eigenvalue weighted by atomic mass is 79.9. The summed E-state index contributed by atoms with van der Waals surface area (Å²) in [5.41, 5.74) is 2.76. The van der Waals surface area contributed by atoms with E-state index in [-0.39, 0.29) is 0 Å². The van der Waals surface area contributed by atoms with E-state index in [9.17, 15) is 0 Å². The molecule has 2 rings (SSSR count). The Labute approximate surface area is 86.4 Å². The van der Waals surface area contributed by atoms with Crippen molar-refractivity contribution in [3.8, 4) is 5.75 Å². The zero-order valence-corrected chi connectivity index (χ0v) is 9.15. The number of benzene rings is 1. The Bertz CT molecular complexity index is 325. The first-order chi connectivity index (χ1) is 6.31. The van der Waals surface area contributed by atoms with Crippen molar-refractivity contribution in [2.75, 3.05) is 13.7 Å². The lowest BCUT2D eigenvalue weighted by molar-refractivity contribution is 0.413. The highest BCUT2D eigenvalue weighted by Gasteiger charge is 2.12. The lowest BCUT2D eigenvalue weighted by Gasteiger charge is -2.19. The van der Waals surface area contributed by atoms with E-state index < -0.39 is 0 Å². The fourth-order valence-corrected chi connectivity index (χ4v) is 2.34. The summed E-state index contributed by atoms with van der Waals surface area (Å²) >= 11 is 3.57. The molecule has 0 aromatic heterocycles. The molecule has 1 aromatic carbocycles. The van der Waals surface area contributed by atoms with Gasteiger partial charge in [-0.3, -0.25) is 0 Å². The summed E-state index contributed by atoms with van der Waals surface area (Å²) in [7, 11) is 1.70. The Morgan fingerprint density at radius 2 is 2.31 bits per heavy atom. The summed E-state index contributed by atoms with van der Waals surface area (Å²) in [6, 6.07) is 4.14. The van der Waals surface area contributed by atoms with E-state index in [0.717, 1.165) is 25.3 Å². The van der Waals surface area contributed by atoms with E-state index in [2.05, 4.69) is 27.3 Å². The number of methoxy groups -OCH3 is 1. The minimum absolute atomic E-state index is 0.925. The third-order valence-electron chi connectivity index (χ3n) is 2.36. The SMILES string of the molecule is COc1cc(Br)c2c(c1)CNCC2. The largest absolute Gasteiger partial charge is 0.497 e. The van der Waals surface area contributed by atoms with Crippen molar-refractivity contribution in [2.24, 2.45) is 0 Å². The lowest BCUT2D eigenvalue weighted by Crippen LogP contribution is -2.23. The van der Waals surface area contributed by atoms with Crippen LogP contribution in [0.1, 0.15) is 11.1 Å². The highest BCUT2D eigenvalue weighted by Crippen LogP contribution is 2.28. The molecule has 0 radical (unpaired) electrons. The highest BCUT2D eigenvalue weighted by molar-refractivity contribution is 9.10. The van der Waals surface area contributed by atoms with Crippen LogP contribution >= 0.6 is 15.9 Å². The van der Waals surface area contributed by atoms with Gasteiger partial charge in [0.25, 0.3) is 0 Å². The van der Waals surface area contributed by atoms with E-state index in [0.29, 0.717) is 0 Å². The summed E-state index contributed by atoms with van der Waals surface area (Å²) in [4.78, 5) is 0. The molecular formula is C10H12BrNO. The minimum atomic E-state index is 0.925. The van der Waals surface area contributed by atoms with Crippen molar-refractivity contribution in [2.45, 2.75) is 13.0 Å². The van der Waals surface area contributed by atoms with Crippen LogP contribution in [0.25, 0.3) is 0 Å². The molecule has 1 aliphatic rings. The van der Waals surface area contributed by atoms with Gasteiger partial charge in [0.2, 0.25) is 0 Å². The molecule has 1 aliphatic heterocycles. The molecule has 1 aromatic rings. The number of ether oxygens (including phenoxy) is 1. The molecule has 0 fully saturated rings. The molecule has 0 bridgehead atoms. The van der Waals surface area contributed by atoms with Gasteiger partial charge in [0.1, 0.15) is 5.75 Å². The van der Waals surface area contributed by atoms with Gasteiger partial charge < -0.3 is 10.1 Å². The van der Waals surface area contributed by atoms with Crippen LogP contribution in [0.15, 0.2) is 16.6 Å². The first-order valence-electron chi connectivity index (χ1n) is 4.37. The average molecular weight is 242 g/mol. The zero-order chi connectivity index (χ0) is 9.26. The van der Waals surface area contributed by atoms with Gasteiger partial charge in [0, 0.05) is 11.0 Å². The Balaban J connectivity index is 2.47. The number of hydrogen-bond acceptors (Lipinski definition) is 2. The maximum atomic E-state index is 5.20. The second kappa shape index (κ2) is 3.68. The fourth-order valence-electron chi connectivity index (χ4n) is 1.66. The second-order valence-corrected chi connectivity index (χ2v) is 4.03. The van der Waals surface area contributed by atoms with Crippen LogP contribution in [0.3, 0.4) is 0 Å². The van der Waals surface area contributed by atoms with Gasteiger partial charge >= 0.3 is 0 Å². The Kier molecular flexibility index (Phi) is 2.56. The monoisotopic (exact) mass is 241 g/mol. The number of fused-ring (bicyclic) bond motifs is 1. The summed E-state index contributed by atoms with van der Waals surface area (Å²) in [6.07, 6.45) is 1.10. The molecule has 3 heteroatoms. The summed E-state index contributed by atoms with van der Waals surface area (Å²) < 4.78 is 6.37. The summed E-state index contributed by atoms with van der Waals surface area (Å²) in [5, 5.41) is 3.34. The van der Waals surface area contributed by atoms with Crippen LogP contribution in [0.5, 0.6) is 5.75 Å². The number of rotatable bonds is 1. The molecule has 0 unspecified atom stereocenters.